The fourth-order valence-electron chi connectivity index (χ4n) is 3.62. The highest BCUT2D eigenvalue weighted by Gasteiger charge is 2.05. The maximum absolute atomic E-state index is 4.99. The van der Waals surface area contributed by atoms with Crippen molar-refractivity contribution in [3.05, 3.63) is 49.1 Å². The molecule has 0 aliphatic rings. The number of pyridine rings is 2. The molecule has 36 heavy (non-hydrogen) atoms. The Kier molecular flexibility index (Phi) is 14.7. The molecule has 0 saturated carbocycles. The topological polar surface area (TPSA) is 7.76 Å². The molecule has 0 aliphatic carbocycles. The second-order valence-corrected chi connectivity index (χ2v) is 8.38. The van der Waals surface area contributed by atoms with Crippen molar-refractivity contribution in [2.24, 2.45) is 0 Å². The zero-order valence-electron chi connectivity index (χ0n) is 21.4. The van der Waals surface area contributed by atoms with Crippen LogP contribution in [0.5, 0.6) is 0 Å². The van der Waals surface area contributed by atoms with Gasteiger partial charge in [0.25, 0.3) is 0 Å². The molecule has 2 aromatic heterocycles. The highest BCUT2D eigenvalue weighted by atomic mass is 14.9. The van der Waals surface area contributed by atoms with Gasteiger partial charge in [0, 0.05) is 54.4 Å². The summed E-state index contributed by atoms with van der Waals surface area (Å²) in [5, 5.41) is 0. The van der Waals surface area contributed by atoms with Crippen LogP contribution in [0, 0.1) is 71.7 Å². The maximum atomic E-state index is 4.99. The van der Waals surface area contributed by atoms with Crippen LogP contribution in [-0.2, 0) is 6.54 Å². The van der Waals surface area contributed by atoms with Crippen molar-refractivity contribution in [1.29, 1.82) is 0 Å². The smallest absolute Gasteiger partial charge is 0.205 e. The van der Waals surface area contributed by atoms with Gasteiger partial charge in [-0.25, -0.2) is 4.57 Å². The molecule has 2 aromatic rings. The lowest BCUT2D eigenvalue weighted by atomic mass is 10.1. The van der Waals surface area contributed by atoms with Crippen LogP contribution in [0.3, 0.4) is 0 Å². The zero-order valence-corrected chi connectivity index (χ0v) is 21.4. The molecule has 2 heterocycles. The number of terminal acetylenes is 1. The Morgan fingerprint density at radius 2 is 1.00 bits per heavy atom. The van der Waals surface area contributed by atoms with Crippen LogP contribution in [0.2, 0.25) is 0 Å². The van der Waals surface area contributed by atoms with Crippen molar-refractivity contribution in [2.45, 2.75) is 77.7 Å². The van der Waals surface area contributed by atoms with Crippen molar-refractivity contribution < 1.29 is 9.13 Å². The highest BCUT2D eigenvalue weighted by Crippen LogP contribution is 2.15. The Morgan fingerprint density at radius 3 is 1.53 bits per heavy atom. The molecule has 0 saturated heterocycles. The van der Waals surface area contributed by atoms with Crippen molar-refractivity contribution in [2.75, 3.05) is 0 Å². The molecule has 0 amide bonds. The summed E-state index contributed by atoms with van der Waals surface area (Å²) in [7, 11) is 0. The van der Waals surface area contributed by atoms with Crippen LogP contribution < -0.4 is 9.13 Å². The minimum Gasteiger partial charge on any atom is -0.205 e. The van der Waals surface area contributed by atoms with E-state index in [9.17, 15) is 0 Å². The summed E-state index contributed by atoms with van der Waals surface area (Å²) >= 11 is 0. The van der Waals surface area contributed by atoms with Gasteiger partial charge in [0.1, 0.15) is 6.54 Å². The SMILES string of the molecule is C#CC#CC#CC#CC#CC#C[n+]1ccc(-c2cc[n+](CCCCCCCCCCCC)cc2)cc1. The van der Waals surface area contributed by atoms with E-state index >= 15 is 0 Å². The maximum Gasteiger partial charge on any atom is 0.243 e. The van der Waals surface area contributed by atoms with E-state index in [0.29, 0.717) is 0 Å². The lowest BCUT2D eigenvalue weighted by Gasteiger charge is -2.02. The molecule has 0 spiro atoms. The minimum atomic E-state index is 1.08. The molecular weight excluding hydrogens is 436 g/mol. The number of aromatic nitrogens is 2. The number of nitrogens with zero attached hydrogens (tertiary/aromatic N) is 2. The predicted octanol–water partition coefficient (Wildman–Crippen LogP) is 5.31. The molecule has 0 aromatic carbocycles. The lowest BCUT2D eigenvalue weighted by molar-refractivity contribution is -0.697. The van der Waals surface area contributed by atoms with Gasteiger partial charge in [-0.15, -0.1) is 11.0 Å². The van der Waals surface area contributed by atoms with E-state index in [1.165, 1.54) is 69.8 Å². The summed E-state index contributed by atoms with van der Waals surface area (Å²) in [5.74, 6) is 25.3. The van der Waals surface area contributed by atoms with Gasteiger partial charge in [-0.05, 0) is 47.1 Å². The van der Waals surface area contributed by atoms with E-state index in [0.717, 1.165) is 12.1 Å². The van der Waals surface area contributed by atoms with Gasteiger partial charge in [-0.2, -0.15) is 0 Å². The summed E-state index contributed by atoms with van der Waals surface area (Å²) in [6, 6.07) is 11.4. The molecule has 0 unspecified atom stereocenters. The van der Waals surface area contributed by atoms with Gasteiger partial charge < -0.3 is 0 Å². The first-order valence-electron chi connectivity index (χ1n) is 12.8. The van der Waals surface area contributed by atoms with E-state index in [-0.39, 0.29) is 0 Å². The summed E-state index contributed by atoms with van der Waals surface area (Å²) < 4.78 is 4.05. The first kappa shape index (κ1) is 27.9. The average Bonchev–Trinajstić information content (AvgIpc) is 2.91. The largest absolute Gasteiger partial charge is 0.243 e. The van der Waals surface area contributed by atoms with E-state index in [1.54, 1.807) is 4.57 Å². The molecule has 0 aliphatic heterocycles. The van der Waals surface area contributed by atoms with Crippen molar-refractivity contribution in [3.63, 3.8) is 0 Å². The monoisotopic (exact) mass is 470 g/mol. The van der Waals surface area contributed by atoms with Gasteiger partial charge >= 0.3 is 0 Å². The van der Waals surface area contributed by atoms with Crippen molar-refractivity contribution in [3.8, 4) is 82.8 Å². The quantitative estimate of drug-likeness (QED) is 0.226. The molecule has 0 N–H and O–H groups in total. The van der Waals surface area contributed by atoms with E-state index in [2.05, 4.69) is 113 Å². The Bertz CT molecular complexity index is 1280. The predicted molar refractivity (Wildman–Crippen MR) is 147 cm³/mol. The average molecular weight is 471 g/mol. The van der Waals surface area contributed by atoms with E-state index in [4.69, 9.17) is 6.42 Å². The standard InChI is InChI=1S/C34H34N2/c1-3-5-7-9-11-13-15-17-19-21-27-35-29-23-33(24-30-35)34-25-31-36(32-26-34)28-22-20-18-16-14-12-10-8-6-4-2/h1,23-26,29-32H,4,6,8,10,12,14,16,18,20,22,28H2,2H3/q+2. The second kappa shape index (κ2) is 19.0. The van der Waals surface area contributed by atoms with Gasteiger partial charge in [-0.3, -0.25) is 0 Å². The minimum absolute atomic E-state index is 1.08. The molecule has 2 rings (SSSR count). The van der Waals surface area contributed by atoms with E-state index in [1.807, 2.05) is 12.4 Å². The fraction of sp³-hybridized carbons (Fsp3) is 0.353. The molecule has 0 bridgehead atoms. The molecular formula is C34H34N2+2. The molecule has 2 heteroatoms. The molecule has 2 nitrogen and oxygen atoms in total. The summed E-state index contributed by atoms with van der Waals surface area (Å²) in [4.78, 5) is 0. The number of aryl methyl sites for hydroxylation is 1. The second-order valence-electron chi connectivity index (χ2n) is 8.38. The number of hydrogen-bond acceptors (Lipinski definition) is 0. The lowest BCUT2D eigenvalue weighted by Crippen LogP contribution is -2.32. The Labute approximate surface area is 218 Å². The van der Waals surface area contributed by atoms with Crippen LogP contribution in [0.25, 0.3) is 11.1 Å². The first-order chi connectivity index (χ1) is 17.8. The third-order valence-corrected chi connectivity index (χ3v) is 5.58. The van der Waals surface area contributed by atoms with Gasteiger partial charge in [0.15, 0.2) is 24.8 Å². The molecule has 0 fully saturated rings. The third kappa shape index (κ3) is 12.8. The first-order valence-corrected chi connectivity index (χ1v) is 12.8. The zero-order chi connectivity index (χ0) is 25.5. The van der Waals surface area contributed by atoms with Crippen LogP contribution >= 0.6 is 0 Å². The number of rotatable bonds is 12. The number of unbranched alkanes of at least 4 members (excludes halogenated alkanes) is 9. The summed E-state index contributed by atoms with van der Waals surface area (Å²) in [6.45, 7) is 3.36. The summed E-state index contributed by atoms with van der Waals surface area (Å²) in [5.41, 5.74) is 2.35. The van der Waals surface area contributed by atoms with Crippen LogP contribution in [0.1, 0.15) is 71.1 Å². The van der Waals surface area contributed by atoms with Crippen molar-refractivity contribution in [1.82, 2.24) is 0 Å². The Balaban J connectivity index is 1.72. The Morgan fingerprint density at radius 1 is 0.556 bits per heavy atom. The molecule has 0 atom stereocenters. The van der Waals surface area contributed by atoms with Crippen LogP contribution in [-0.4, -0.2) is 0 Å². The van der Waals surface area contributed by atoms with Gasteiger partial charge in [0.2, 0.25) is 6.04 Å². The van der Waals surface area contributed by atoms with Crippen LogP contribution in [0.4, 0.5) is 0 Å². The van der Waals surface area contributed by atoms with Gasteiger partial charge in [0.05, 0.1) is 5.92 Å². The Hall–Kier alpha value is -4.34. The normalized spacial score (nSPS) is 8.78. The van der Waals surface area contributed by atoms with Gasteiger partial charge in [-0.1, -0.05) is 58.3 Å². The highest BCUT2D eigenvalue weighted by molar-refractivity contribution is 5.61. The molecule has 178 valence electrons. The van der Waals surface area contributed by atoms with Crippen LogP contribution in [0.15, 0.2) is 49.1 Å². The van der Waals surface area contributed by atoms with E-state index < -0.39 is 0 Å². The number of hydrogen-bond donors (Lipinski definition) is 0. The summed E-state index contributed by atoms with van der Waals surface area (Å²) in [6.07, 6.45) is 26.8. The molecule has 0 radical (unpaired) electrons. The third-order valence-electron chi connectivity index (χ3n) is 5.58. The van der Waals surface area contributed by atoms with Crippen molar-refractivity contribution >= 4 is 0 Å². The fourth-order valence-corrected chi connectivity index (χ4v) is 3.62.